The van der Waals surface area contributed by atoms with E-state index < -0.39 is 22.8 Å². The van der Waals surface area contributed by atoms with Gasteiger partial charge in [0, 0.05) is 29.2 Å². The fraction of sp³-hybridized carbons (Fsp3) is 0.280. The molecule has 2 aromatic rings. The molecule has 34 heavy (non-hydrogen) atoms. The number of nitrogens with zero attached hydrogens (tertiary/aromatic N) is 2. The molecule has 0 saturated carbocycles. The van der Waals surface area contributed by atoms with Gasteiger partial charge in [0.05, 0.1) is 35.2 Å². The molecular weight excluding hydrogens is 440 g/mol. The van der Waals surface area contributed by atoms with Crippen LogP contribution < -0.4 is 4.90 Å². The van der Waals surface area contributed by atoms with Gasteiger partial charge < -0.3 is 19.5 Å². The van der Waals surface area contributed by atoms with Crippen LogP contribution in [-0.4, -0.2) is 35.2 Å². The van der Waals surface area contributed by atoms with Gasteiger partial charge in [-0.3, -0.25) is 10.1 Å². The number of phenols is 1. The second-order valence-corrected chi connectivity index (χ2v) is 7.58. The molecule has 1 aliphatic heterocycles. The van der Waals surface area contributed by atoms with E-state index in [1.807, 2.05) is 0 Å². The van der Waals surface area contributed by atoms with Crippen molar-refractivity contribution in [3.05, 3.63) is 86.7 Å². The van der Waals surface area contributed by atoms with Crippen LogP contribution in [0.2, 0.25) is 0 Å². The third kappa shape index (κ3) is 4.63. The number of allylic oxidation sites excluding steroid dienone is 2. The molecule has 0 unspecified atom stereocenters. The molecule has 0 spiro atoms. The summed E-state index contributed by atoms with van der Waals surface area (Å²) in [7, 11) is 0. The van der Waals surface area contributed by atoms with Crippen molar-refractivity contribution in [3.63, 3.8) is 0 Å². The summed E-state index contributed by atoms with van der Waals surface area (Å²) in [5.74, 6) is -2.16. The number of hydrogen-bond acceptors (Lipinski definition) is 8. The molecule has 0 atom stereocenters. The Morgan fingerprint density at radius 3 is 1.97 bits per heavy atom. The first kappa shape index (κ1) is 24.5. The van der Waals surface area contributed by atoms with E-state index >= 15 is 0 Å². The summed E-state index contributed by atoms with van der Waals surface area (Å²) in [6.45, 7) is 6.99. The summed E-state index contributed by atoms with van der Waals surface area (Å²) in [6.07, 6.45) is 0. The third-order valence-corrected chi connectivity index (χ3v) is 5.54. The molecule has 1 heterocycles. The first-order valence-electron chi connectivity index (χ1n) is 10.8. The van der Waals surface area contributed by atoms with Gasteiger partial charge in [-0.1, -0.05) is 12.1 Å². The molecule has 0 fully saturated rings. The van der Waals surface area contributed by atoms with Crippen LogP contribution >= 0.6 is 0 Å². The number of benzene rings is 2. The highest BCUT2D eigenvalue weighted by Crippen LogP contribution is 2.45. The minimum absolute atomic E-state index is 0.0646. The number of nitro benzene ring substituents is 1. The van der Waals surface area contributed by atoms with E-state index in [1.165, 1.54) is 30.3 Å². The highest BCUT2D eigenvalue weighted by atomic mass is 16.6. The normalized spacial score (nSPS) is 14.3. The lowest BCUT2D eigenvalue weighted by Crippen LogP contribution is -2.35. The van der Waals surface area contributed by atoms with Crippen LogP contribution in [0.5, 0.6) is 5.75 Å². The molecular formula is C25H26N2O7. The molecule has 0 saturated heterocycles. The van der Waals surface area contributed by atoms with Crippen LogP contribution in [0.15, 0.2) is 71.1 Å². The van der Waals surface area contributed by atoms with Crippen LogP contribution in [0.25, 0.3) is 0 Å². The first-order chi connectivity index (χ1) is 16.2. The number of ether oxygens (including phenoxy) is 2. The lowest BCUT2D eigenvalue weighted by molar-refractivity contribution is -0.384. The number of non-ortho nitro benzene ring substituents is 1. The summed E-state index contributed by atoms with van der Waals surface area (Å²) in [5, 5.41) is 21.2. The quantitative estimate of drug-likeness (QED) is 0.358. The van der Waals surface area contributed by atoms with Crippen molar-refractivity contribution in [3.8, 4) is 5.75 Å². The minimum atomic E-state index is -0.939. The van der Waals surface area contributed by atoms with Gasteiger partial charge in [-0.15, -0.1) is 0 Å². The van der Waals surface area contributed by atoms with Gasteiger partial charge in [-0.25, -0.2) is 9.59 Å². The van der Waals surface area contributed by atoms with E-state index in [0.717, 1.165) is 0 Å². The fourth-order valence-electron chi connectivity index (χ4n) is 4.14. The largest absolute Gasteiger partial charge is 0.508 e. The van der Waals surface area contributed by atoms with E-state index in [1.54, 1.807) is 50.8 Å². The van der Waals surface area contributed by atoms with E-state index in [0.29, 0.717) is 22.6 Å². The number of nitro groups is 1. The number of carbonyl (C=O) groups is 2. The van der Waals surface area contributed by atoms with Crippen LogP contribution in [0.4, 0.5) is 11.4 Å². The second-order valence-electron chi connectivity index (χ2n) is 7.58. The standard InChI is InChI=1S/C25H26N2O7/c1-5-33-24(29)21-15(3)26(18-10-12-20(28)13-11-18)16(4)22(25(30)34-6-2)23(21)17-8-7-9-19(14-17)27(31)32/h7-14,23,28H,5-6H2,1-4H3. The first-order valence-corrected chi connectivity index (χ1v) is 10.8. The average Bonchev–Trinajstić information content (AvgIpc) is 2.80. The molecule has 9 nitrogen and oxygen atoms in total. The molecule has 1 aliphatic rings. The molecule has 1 N–H and O–H groups in total. The maximum absolute atomic E-state index is 13.2. The van der Waals surface area contributed by atoms with Crippen LogP contribution in [-0.2, 0) is 19.1 Å². The zero-order chi connectivity index (χ0) is 25.0. The Kier molecular flexibility index (Phi) is 7.35. The number of aromatic hydroxyl groups is 1. The molecule has 0 radical (unpaired) electrons. The summed E-state index contributed by atoms with van der Waals surface area (Å²) in [4.78, 5) is 39.1. The maximum atomic E-state index is 13.2. The Morgan fingerprint density at radius 1 is 0.971 bits per heavy atom. The lowest BCUT2D eigenvalue weighted by Gasteiger charge is -2.37. The van der Waals surface area contributed by atoms with Crippen LogP contribution in [0, 0.1) is 10.1 Å². The summed E-state index contributed by atoms with van der Waals surface area (Å²) in [5.41, 5.74) is 2.16. The predicted octanol–water partition coefficient (Wildman–Crippen LogP) is 4.58. The molecule has 9 heteroatoms. The van der Waals surface area contributed by atoms with Crippen molar-refractivity contribution < 1.29 is 29.1 Å². The van der Waals surface area contributed by atoms with Gasteiger partial charge >= 0.3 is 11.9 Å². The summed E-state index contributed by atoms with van der Waals surface area (Å²) in [6, 6.07) is 12.1. The second kappa shape index (κ2) is 10.2. The van der Waals surface area contributed by atoms with Gasteiger partial charge in [0.1, 0.15) is 5.75 Å². The molecule has 3 rings (SSSR count). The topological polar surface area (TPSA) is 119 Å². The molecule has 0 aliphatic carbocycles. The molecule has 0 amide bonds. The minimum Gasteiger partial charge on any atom is -0.508 e. The Labute approximate surface area is 197 Å². The van der Waals surface area contributed by atoms with E-state index in [9.17, 15) is 24.8 Å². The molecule has 178 valence electrons. The number of phenolic OH excluding ortho intramolecular Hbond substituents is 1. The van der Waals surface area contributed by atoms with Gasteiger partial charge in [-0.2, -0.15) is 0 Å². The van der Waals surface area contributed by atoms with Crippen molar-refractivity contribution >= 4 is 23.3 Å². The number of anilines is 1. The van der Waals surface area contributed by atoms with Crippen molar-refractivity contribution in [2.75, 3.05) is 18.1 Å². The van der Waals surface area contributed by atoms with E-state index in [-0.39, 0.29) is 35.8 Å². The van der Waals surface area contributed by atoms with Gasteiger partial charge in [-0.05, 0) is 57.5 Å². The third-order valence-electron chi connectivity index (χ3n) is 5.54. The Hall–Kier alpha value is -4.14. The lowest BCUT2D eigenvalue weighted by atomic mass is 9.79. The number of rotatable bonds is 7. The maximum Gasteiger partial charge on any atom is 0.336 e. The summed E-state index contributed by atoms with van der Waals surface area (Å²) < 4.78 is 10.7. The van der Waals surface area contributed by atoms with Crippen molar-refractivity contribution in [2.24, 2.45) is 0 Å². The molecule has 0 aromatic heterocycles. The van der Waals surface area contributed by atoms with Crippen LogP contribution in [0.3, 0.4) is 0 Å². The van der Waals surface area contributed by atoms with Crippen LogP contribution in [0.1, 0.15) is 39.2 Å². The predicted molar refractivity (Wildman–Crippen MR) is 125 cm³/mol. The Morgan fingerprint density at radius 2 is 1.50 bits per heavy atom. The highest BCUT2D eigenvalue weighted by Gasteiger charge is 2.41. The highest BCUT2D eigenvalue weighted by molar-refractivity contribution is 6.01. The SMILES string of the molecule is CCOC(=O)C1=C(C)N(c2ccc(O)cc2)C(C)=C(C(=O)OCC)C1c1cccc([N+](=O)[O-])c1. The van der Waals surface area contributed by atoms with Gasteiger partial charge in [0.25, 0.3) is 5.69 Å². The van der Waals surface area contributed by atoms with Gasteiger partial charge in [0.2, 0.25) is 0 Å². The van der Waals surface area contributed by atoms with E-state index in [2.05, 4.69) is 0 Å². The zero-order valence-electron chi connectivity index (χ0n) is 19.4. The molecule has 2 aromatic carbocycles. The van der Waals surface area contributed by atoms with Crippen molar-refractivity contribution in [1.29, 1.82) is 0 Å². The van der Waals surface area contributed by atoms with Crippen molar-refractivity contribution in [2.45, 2.75) is 33.6 Å². The van der Waals surface area contributed by atoms with Crippen molar-refractivity contribution in [1.82, 2.24) is 0 Å². The monoisotopic (exact) mass is 466 g/mol. The van der Waals surface area contributed by atoms with E-state index in [4.69, 9.17) is 9.47 Å². The number of hydrogen-bond donors (Lipinski definition) is 1. The Bertz CT molecular complexity index is 1140. The van der Waals surface area contributed by atoms with Gasteiger partial charge in [0.15, 0.2) is 0 Å². The zero-order valence-corrected chi connectivity index (χ0v) is 19.4. The number of carbonyl (C=O) groups excluding carboxylic acids is 2. The Balaban J connectivity index is 2.34. The number of esters is 2. The average molecular weight is 466 g/mol. The smallest absolute Gasteiger partial charge is 0.336 e. The summed E-state index contributed by atoms with van der Waals surface area (Å²) >= 11 is 0. The fourth-order valence-corrected chi connectivity index (χ4v) is 4.14. The molecule has 0 bridgehead atoms.